The number of nitrogens with one attached hydrogen (secondary N) is 1. The summed E-state index contributed by atoms with van der Waals surface area (Å²) in [4.78, 5) is 0. The van der Waals surface area contributed by atoms with Gasteiger partial charge in [-0.15, -0.1) is 0 Å². The summed E-state index contributed by atoms with van der Waals surface area (Å²) in [5.74, 6) is -0.149. The van der Waals surface area contributed by atoms with Crippen LogP contribution in [-0.2, 0) is 0 Å². The van der Waals surface area contributed by atoms with Crippen molar-refractivity contribution in [1.29, 1.82) is 0 Å². The number of hydrogen-bond donors (Lipinski definition) is 1. The van der Waals surface area contributed by atoms with Crippen molar-refractivity contribution in [3.05, 3.63) is 69.5 Å². The molecular formula is C19H24FN. The van der Waals surface area contributed by atoms with Crippen molar-refractivity contribution >= 4 is 0 Å². The quantitative estimate of drug-likeness (QED) is 0.854. The molecule has 0 amide bonds. The predicted octanol–water partition coefficient (Wildman–Crippen LogP) is 4.76. The van der Waals surface area contributed by atoms with E-state index in [1.54, 1.807) is 6.07 Å². The van der Waals surface area contributed by atoms with Gasteiger partial charge in [-0.05, 0) is 62.6 Å². The van der Waals surface area contributed by atoms with Crippen molar-refractivity contribution in [3.63, 3.8) is 0 Å². The molecule has 0 saturated heterocycles. The average Bonchev–Trinajstić information content (AvgIpc) is 2.43. The summed E-state index contributed by atoms with van der Waals surface area (Å²) in [5, 5.41) is 3.43. The molecule has 2 aromatic carbocycles. The molecule has 0 aromatic heterocycles. The Kier molecular flexibility index (Phi) is 4.79. The van der Waals surface area contributed by atoms with E-state index in [9.17, 15) is 4.39 Å². The smallest absolute Gasteiger partial charge is 0.128 e. The second kappa shape index (κ2) is 6.40. The fourth-order valence-electron chi connectivity index (χ4n) is 2.77. The average molecular weight is 285 g/mol. The van der Waals surface area contributed by atoms with Gasteiger partial charge in [-0.3, -0.25) is 0 Å². The Morgan fingerprint density at radius 3 is 2.24 bits per heavy atom. The molecule has 0 bridgehead atoms. The highest BCUT2D eigenvalue weighted by Gasteiger charge is 2.19. The van der Waals surface area contributed by atoms with E-state index in [-0.39, 0.29) is 11.9 Å². The zero-order chi connectivity index (χ0) is 15.6. The van der Waals surface area contributed by atoms with E-state index >= 15 is 0 Å². The van der Waals surface area contributed by atoms with Gasteiger partial charge in [-0.25, -0.2) is 4.39 Å². The minimum Gasteiger partial charge on any atom is -0.306 e. The first-order valence-corrected chi connectivity index (χ1v) is 7.51. The first-order valence-electron chi connectivity index (χ1n) is 7.51. The van der Waals surface area contributed by atoms with Gasteiger partial charge >= 0.3 is 0 Å². The van der Waals surface area contributed by atoms with Gasteiger partial charge in [0, 0.05) is 5.56 Å². The molecule has 112 valence electrons. The van der Waals surface area contributed by atoms with Gasteiger partial charge in [0.1, 0.15) is 5.82 Å². The third-order valence-corrected chi connectivity index (χ3v) is 4.06. The summed E-state index contributed by atoms with van der Waals surface area (Å²) in [7, 11) is 0. The van der Waals surface area contributed by atoms with Gasteiger partial charge in [-0.2, -0.15) is 0 Å². The molecule has 0 saturated carbocycles. The molecule has 1 atom stereocenters. The summed E-state index contributed by atoms with van der Waals surface area (Å²) in [6.45, 7) is 11.2. The zero-order valence-electron chi connectivity index (χ0n) is 13.5. The van der Waals surface area contributed by atoms with Crippen LogP contribution in [0, 0.1) is 33.5 Å². The third-order valence-electron chi connectivity index (χ3n) is 4.06. The van der Waals surface area contributed by atoms with Crippen molar-refractivity contribution in [2.24, 2.45) is 0 Å². The number of rotatable bonds is 4. The van der Waals surface area contributed by atoms with Crippen LogP contribution < -0.4 is 5.32 Å². The van der Waals surface area contributed by atoms with Crippen LogP contribution in [0.2, 0.25) is 0 Å². The molecule has 0 heterocycles. The van der Waals surface area contributed by atoms with E-state index in [0.29, 0.717) is 0 Å². The fraction of sp³-hybridized carbons (Fsp3) is 0.368. The summed E-state index contributed by atoms with van der Waals surface area (Å²) in [6, 6.07) is 9.58. The summed E-state index contributed by atoms with van der Waals surface area (Å²) < 4.78 is 14.3. The maximum absolute atomic E-state index is 14.3. The Morgan fingerprint density at radius 1 is 0.905 bits per heavy atom. The lowest BCUT2D eigenvalue weighted by molar-refractivity contribution is 0.557. The zero-order valence-corrected chi connectivity index (χ0v) is 13.5. The van der Waals surface area contributed by atoms with E-state index in [2.05, 4.69) is 45.1 Å². The molecule has 1 N–H and O–H groups in total. The number of aryl methyl sites for hydroxylation is 4. The van der Waals surface area contributed by atoms with Crippen molar-refractivity contribution in [2.75, 3.05) is 6.54 Å². The third kappa shape index (κ3) is 3.33. The first-order chi connectivity index (χ1) is 9.93. The molecule has 2 aromatic rings. The molecule has 2 rings (SSSR count). The SMILES string of the molecule is CCNC(c1cc(C)c(C)cc1C)c1cc(C)ccc1F. The minimum atomic E-state index is -0.149. The van der Waals surface area contributed by atoms with Gasteiger partial charge in [0.05, 0.1) is 6.04 Å². The molecule has 2 heteroatoms. The van der Waals surface area contributed by atoms with Crippen LogP contribution in [0.4, 0.5) is 4.39 Å². The van der Waals surface area contributed by atoms with Crippen molar-refractivity contribution in [3.8, 4) is 0 Å². The standard InChI is InChI=1S/C19H24FN/c1-6-21-19(17-9-12(2)7-8-18(17)20)16-11-14(4)13(3)10-15(16)5/h7-11,19,21H,6H2,1-5H3. The Morgan fingerprint density at radius 2 is 1.57 bits per heavy atom. The van der Waals surface area contributed by atoms with Gasteiger partial charge < -0.3 is 5.32 Å². The summed E-state index contributed by atoms with van der Waals surface area (Å²) in [5.41, 5.74) is 6.68. The molecular weight excluding hydrogens is 261 g/mol. The maximum Gasteiger partial charge on any atom is 0.128 e. The van der Waals surface area contributed by atoms with Crippen molar-refractivity contribution in [2.45, 2.75) is 40.7 Å². The lowest BCUT2D eigenvalue weighted by atomic mass is 9.90. The van der Waals surface area contributed by atoms with E-state index in [1.165, 1.54) is 16.7 Å². The normalized spacial score (nSPS) is 12.5. The number of benzene rings is 2. The van der Waals surface area contributed by atoms with Crippen LogP contribution in [0.5, 0.6) is 0 Å². The summed E-state index contributed by atoms with van der Waals surface area (Å²) in [6.07, 6.45) is 0. The number of halogens is 1. The highest BCUT2D eigenvalue weighted by molar-refractivity contribution is 5.43. The predicted molar refractivity (Wildman–Crippen MR) is 87.3 cm³/mol. The van der Waals surface area contributed by atoms with Crippen LogP contribution in [0.3, 0.4) is 0 Å². The van der Waals surface area contributed by atoms with Gasteiger partial charge in [-0.1, -0.05) is 36.8 Å². The van der Waals surface area contributed by atoms with Crippen molar-refractivity contribution in [1.82, 2.24) is 5.32 Å². The Balaban J connectivity index is 2.58. The lowest BCUT2D eigenvalue weighted by Crippen LogP contribution is -2.24. The van der Waals surface area contributed by atoms with Gasteiger partial charge in [0.2, 0.25) is 0 Å². The van der Waals surface area contributed by atoms with E-state index in [1.807, 2.05) is 19.1 Å². The largest absolute Gasteiger partial charge is 0.306 e. The molecule has 0 aliphatic rings. The van der Waals surface area contributed by atoms with E-state index < -0.39 is 0 Å². The first kappa shape index (κ1) is 15.7. The second-order valence-corrected chi connectivity index (χ2v) is 5.81. The number of hydrogen-bond acceptors (Lipinski definition) is 1. The van der Waals surface area contributed by atoms with E-state index in [4.69, 9.17) is 0 Å². The monoisotopic (exact) mass is 285 g/mol. The van der Waals surface area contributed by atoms with Crippen LogP contribution >= 0.6 is 0 Å². The Hall–Kier alpha value is -1.67. The van der Waals surface area contributed by atoms with Crippen LogP contribution in [-0.4, -0.2) is 6.54 Å². The lowest BCUT2D eigenvalue weighted by Gasteiger charge is -2.23. The summed E-state index contributed by atoms with van der Waals surface area (Å²) >= 11 is 0. The molecule has 0 radical (unpaired) electrons. The van der Waals surface area contributed by atoms with Gasteiger partial charge in [0.15, 0.2) is 0 Å². The van der Waals surface area contributed by atoms with Gasteiger partial charge in [0.25, 0.3) is 0 Å². The topological polar surface area (TPSA) is 12.0 Å². The molecule has 0 aliphatic carbocycles. The fourth-order valence-corrected chi connectivity index (χ4v) is 2.77. The maximum atomic E-state index is 14.3. The Labute approximate surface area is 127 Å². The Bertz CT molecular complexity index is 646. The molecule has 21 heavy (non-hydrogen) atoms. The minimum absolute atomic E-state index is 0.103. The highest BCUT2D eigenvalue weighted by atomic mass is 19.1. The van der Waals surface area contributed by atoms with E-state index in [0.717, 1.165) is 23.2 Å². The highest BCUT2D eigenvalue weighted by Crippen LogP contribution is 2.29. The molecule has 0 spiro atoms. The molecule has 0 fully saturated rings. The van der Waals surface area contributed by atoms with Crippen LogP contribution in [0.1, 0.15) is 46.3 Å². The van der Waals surface area contributed by atoms with Crippen LogP contribution in [0.25, 0.3) is 0 Å². The van der Waals surface area contributed by atoms with Crippen LogP contribution in [0.15, 0.2) is 30.3 Å². The van der Waals surface area contributed by atoms with Crippen molar-refractivity contribution < 1.29 is 4.39 Å². The molecule has 1 nitrogen and oxygen atoms in total. The molecule has 1 unspecified atom stereocenters. The second-order valence-electron chi connectivity index (χ2n) is 5.81. The molecule has 0 aliphatic heterocycles.